The average Bonchev–Trinajstić information content (AvgIpc) is 2.79. The number of carbonyl (C=O) groups is 2. The molecule has 0 bridgehead atoms. The van der Waals surface area contributed by atoms with Gasteiger partial charge in [-0.1, -0.05) is 37.3 Å². The van der Waals surface area contributed by atoms with Crippen molar-refractivity contribution < 1.29 is 14.3 Å². The van der Waals surface area contributed by atoms with Crippen LogP contribution in [0.1, 0.15) is 38.2 Å². The quantitative estimate of drug-likeness (QED) is 0.581. The lowest BCUT2D eigenvalue weighted by atomic mass is 9.87. The monoisotopic (exact) mass is 351 g/mol. The number of amides is 1. The highest BCUT2D eigenvalue weighted by Gasteiger charge is 2.26. The molecule has 2 unspecified atom stereocenters. The zero-order valence-electron chi connectivity index (χ0n) is 14.2. The number of benzene rings is 1. The fourth-order valence-electron chi connectivity index (χ4n) is 3.27. The van der Waals surface area contributed by atoms with Crippen LogP contribution in [0.2, 0.25) is 0 Å². The molecule has 132 valence electrons. The van der Waals surface area contributed by atoms with Gasteiger partial charge >= 0.3 is 5.97 Å². The SMILES string of the molecule is CC1CN(C(=O)CCl)CCCC1CCC(=O)OCc1ccccc1. The minimum absolute atomic E-state index is 0.00596. The smallest absolute Gasteiger partial charge is 0.306 e. The maximum absolute atomic E-state index is 12.0. The molecule has 1 aromatic rings. The molecule has 4 nitrogen and oxygen atoms in total. The normalized spacial score (nSPS) is 21.2. The summed E-state index contributed by atoms with van der Waals surface area (Å²) in [5.41, 5.74) is 1.00. The van der Waals surface area contributed by atoms with Crippen LogP contribution in [0.25, 0.3) is 0 Å². The molecule has 1 aromatic carbocycles. The van der Waals surface area contributed by atoms with Gasteiger partial charge in [-0.15, -0.1) is 11.6 Å². The molecule has 0 radical (unpaired) electrons. The number of ether oxygens (including phenoxy) is 1. The van der Waals surface area contributed by atoms with Gasteiger partial charge in [-0.25, -0.2) is 0 Å². The van der Waals surface area contributed by atoms with Crippen LogP contribution in [-0.4, -0.2) is 35.7 Å². The molecule has 2 rings (SSSR count). The summed E-state index contributed by atoms with van der Waals surface area (Å²) in [6.07, 6.45) is 3.26. The standard InChI is InChI=1S/C19H26ClNO3/c1-15-13-21(18(22)12-20)11-5-8-17(15)9-10-19(23)24-14-16-6-3-2-4-7-16/h2-4,6-7,15,17H,5,8-14H2,1H3. The number of halogens is 1. The fourth-order valence-corrected chi connectivity index (χ4v) is 3.44. The Morgan fingerprint density at radius 1 is 1.29 bits per heavy atom. The van der Waals surface area contributed by atoms with Gasteiger partial charge in [0.15, 0.2) is 0 Å². The first-order chi connectivity index (χ1) is 11.6. The predicted molar refractivity (Wildman–Crippen MR) is 94.7 cm³/mol. The zero-order chi connectivity index (χ0) is 17.4. The number of rotatable bonds is 6. The van der Waals surface area contributed by atoms with Crippen molar-refractivity contribution in [2.75, 3.05) is 19.0 Å². The predicted octanol–water partition coefficient (Wildman–Crippen LogP) is 3.62. The summed E-state index contributed by atoms with van der Waals surface area (Å²) in [6, 6.07) is 9.71. The van der Waals surface area contributed by atoms with Crippen LogP contribution in [0.3, 0.4) is 0 Å². The first-order valence-electron chi connectivity index (χ1n) is 8.63. The van der Waals surface area contributed by atoms with E-state index in [1.54, 1.807) is 0 Å². The highest BCUT2D eigenvalue weighted by molar-refractivity contribution is 6.27. The molecule has 0 N–H and O–H groups in total. The number of esters is 1. The Morgan fingerprint density at radius 3 is 2.75 bits per heavy atom. The van der Waals surface area contributed by atoms with E-state index in [0.29, 0.717) is 24.9 Å². The van der Waals surface area contributed by atoms with E-state index in [2.05, 4.69) is 6.92 Å². The van der Waals surface area contributed by atoms with E-state index >= 15 is 0 Å². The molecular formula is C19H26ClNO3. The van der Waals surface area contributed by atoms with Crippen molar-refractivity contribution in [1.29, 1.82) is 0 Å². The minimum atomic E-state index is -0.149. The second-order valence-corrected chi connectivity index (χ2v) is 6.81. The number of hydrogen-bond donors (Lipinski definition) is 0. The molecule has 1 fully saturated rings. The summed E-state index contributed by atoms with van der Waals surface area (Å²) in [6.45, 7) is 3.98. The lowest BCUT2D eigenvalue weighted by molar-refractivity contribution is -0.145. The summed E-state index contributed by atoms with van der Waals surface area (Å²) < 4.78 is 5.34. The molecule has 1 amide bonds. The second-order valence-electron chi connectivity index (χ2n) is 6.54. The lowest BCUT2D eigenvalue weighted by Crippen LogP contribution is -2.35. The van der Waals surface area contributed by atoms with Crippen LogP contribution in [0.5, 0.6) is 0 Å². The Balaban J connectivity index is 1.74. The Morgan fingerprint density at radius 2 is 2.04 bits per heavy atom. The summed E-state index contributed by atoms with van der Waals surface area (Å²) in [4.78, 5) is 25.6. The van der Waals surface area contributed by atoms with Gasteiger partial charge in [0, 0.05) is 19.5 Å². The average molecular weight is 352 g/mol. The van der Waals surface area contributed by atoms with Crippen molar-refractivity contribution >= 4 is 23.5 Å². The van der Waals surface area contributed by atoms with Gasteiger partial charge in [0.2, 0.25) is 5.91 Å². The van der Waals surface area contributed by atoms with Crippen LogP contribution >= 0.6 is 11.6 Å². The van der Waals surface area contributed by atoms with Gasteiger partial charge in [-0.05, 0) is 36.7 Å². The van der Waals surface area contributed by atoms with Crippen molar-refractivity contribution in [3.8, 4) is 0 Å². The third-order valence-electron chi connectivity index (χ3n) is 4.74. The first kappa shape index (κ1) is 18.8. The minimum Gasteiger partial charge on any atom is -0.461 e. The summed E-state index contributed by atoms with van der Waals surface area (Å²) >= 11 is 5.66. The molecular weight excluding hydrogens is 326 g/mol. The first-order valence-corrected chi connectivity index (χ1v) is 9.17. The molecule has 2 atom stereocenters. The van der Waals surface area contributed by atoms with E-state index in [0.717, 1.165) is 37.9 Å². The molecule has 24 heavy (non-hydrogen) atoms. The largest absolute Gasteiger partial charge is 0.461 e. The lowest BCUT2D eigenvalue weighted by Gasteiger charge is -2.25. The number of likely N-dealkylation sites (tertiary alicyclic amines) is 1. The third kappa shape index (κ3) is 5.82. The molecule has 5 heteroatoms. The van der Waals surface area contributed by atoms with Gasteiger partial charge in [0.1, 0.15) is 12.5 Å². The van der Waals surface area contributed by atoms with Gasteiger partial charge in [0.05, 0.1) is 0 Å². The Hall–Kier alpha value is -1.55. The Labute approximate surface area is 149 Å². The second kappa shape index (κ2) is 9.67. The highest BCUT2D eigenvalue weighted by Crippen LogP contribution is 2.27. The van der Waals surface area contributed by atoms with Gasteiger partial charge in [0.25, 0.3) is 0 Å². The van der Waals surface area contributed by atoms with E-state index in [-0.39, 0.29) is 17.8 Å². The van der Waals surface area contributed by atoms with E-state index in [9.17, 15) is 9.59 Å². The maximum atomic E-state index is 12.0. The van der Waals surface area contributed by atoms with Crippen molar-refractivity contribution in [1.82, 2.24) is 4.90 Å². The molecule has 1 aliphatic heterocycles. The van der Waals surface area contributed by atoms with Crippen LogP contribution < -0.4 is 0 Å². The molecule has 0 aromatic heterocycles. The van der Waals surface area contributed by atoms with Gasteiger partial charge in [-0.2, -0.15) is 0 Å². The molecule has 0 saturated carbocycles. The van der Waals surface area contributed by atoms with Gasteiger partial charge < -0.3 is 9.64 Å². The summed E-state index contributed by atoms with van der Waals surface area (Å²) in [7, 11) is 0. The van der Waals surface area contributed by atoms with Crippen molar-refractivity contribution in [3.05, 3.63) is 35.9 Å². The summed E-state index contributed by atoms with van der Waals surface area (Å²) in [5, 5.41) is 0. The van der Waals surface area contributed by atoms with Crippen LogP contribution in [0.4, 0.5) is 0 Å². The Bertz CT molecular complexity index is 535. The third-order valence-corrected chi connectivity index (χ3v) is 4.97. The zero-order valence-corrected chi connectivity index (χ0v) is 15.0. The van der Waals surface area contributed by atoms with Crippen LogP contribution in [0, 0.1) is 11.8 Å². The van der Waals surface area contributed by atoms with E-state index in [1.165, 1.54) is 0 Å². The van der Waals surface area contributed by atoms with Crippen molar-refractivity contribution in [2.45, 2.75) is 39.2 Å². The topological polar surface area (TPSA) is 46.6 Å². The molecule has 0 aliphatic carbocycles. The number of carbonyl (C=O) groups excluding carboxylic acids is 2. The van der Waals surface area contributed by atoms with Crippen LogP contribution in [0.15, 0.2) is 30.3 Å². The van der Waals surface area contributed by atoms with Gasteiger partial charge in [-0.3, -0.25) is 9.59 Å². The van der Waals surface area contributed by atoms with E-state index in [1.807, 2.05) is 35.2 Å². The molecule has 1 heterocycles. The number of alkyl halides is 1. The van der Waals surface area contributed by atoms with E-state index < -0.39 is 0 Å². The molecule has 1 aliphatic rings. The molecule has 1 saturated heterocycles. The maximum Gasteiger partial charge on any atom is 0.306 e. The molecule has 0 spiro atoms. The van der Waals surface area contributed by atoms with Crippen molar-refractivity contribution in [2.24, 2.45) is 11.8 Å². The number of hydrogen-bond acceptors (Lipinski definition) is 3. The van der Waals surface area contributed by atoms with E-state index in [4.69, 9.17) is 16.3 Å². The highest BCUT2D eigenvalue weighted by atomic mass is 35.5. The van der Waals surface area contributed by atoms with Crippen LogP contribution in [-0.2, 0) is 20.9 Å². The fraction of sp³-hybridized carbons (Fsp3) is 0.579. The van der Waals surface area contributed by atoms with Crippen molar-refractivity contribution in [3.63, 3.8) is 0 Å². The Kier molecular flexibility index (Phi) is 7.57. The summed E-state index contributed by atoms with van der Waals surface area (Å²) in [5.74, 6) is 0.725. The number of nitrogens with zero attached hydrogens (tertiary/aromatic N) is 1.